The van der Waals surface area contributed by atoms with Crippen LogP contribution in [0.2, 0.25) is 0 Å². The first-order valence-corrected chi connectivity index (χ1v) is 8.36. The number of hydrogen-bond acceptors (Lipinski definition) is 6. The second-order valence-corrected chi connectivity index (χ2v) is 5.95. The number of carbonyl (C=O) groups excluding carboxylic acids is 1. The second kappa shape index (κ2) is 8.64. The Hall–Kier alpha value is -2.38. The maximum Gasteiger partial charge on any atom is 0.255 e. The first kappa shape index (κ1) is 17.4. The lowest BCUT2D eigenvalue weighted by molar-refractivity contribution is 0.000484. The van der Waals surface area contributed by atoms with Crippen LogP contribution in [0.5, 0.6) is 0 Å². The number of amides is 1. The van der Waals surface area contributed by atoms with Crippen molar-refractivity contribution in [3.8, 4) is 0 Å². The lowest BCUT2D eigenvalue weighted by atomic mass is 10.0. The number of ether oxygens (including phenoxy) is 2. The van der Waals surface area contributed by atoms with Gasteiger partial charge in [0, 0.05) is 26.0 Å². The Morgan fingerprint density at radius 2 is 2.04 bits per heavy atom. The Kier molecular flexibility index (Phi) is 6.03. The van der Waals surface area contributed by atoms with E-state index in [1.54, 1.807) is 25.6 Å². The summed E-state index contributed by atoms with van der Waals surface area (Å²) >= 11 is 0. The standard InChI is InChI=1S/C18H22N4O3/c1-24-10-11-25-17-5-9-22(18(23)15-4-8-20-21-13-15)16(17)12-14-2-6-19-7-3-14/h2-4,6-8,13,16-17H,5,9-12H2,1H3/t16-,17+/m0/s1. The molecule has 2 aromatic rings. The minimum atomic E-state index is -0.0354. The van der Waals surface area contributed by atoms with Gasteiger partial charge in [-0.1, -0.05) is 0 Å². The van der Waals surface area contributed by atoms with Crippen molar-refractivity contribution in [3.63, 3.8) is 0 Å². The molecule has 1 aliphatic rings. The van der Waals surface area contributed by atoms with Crippen LogP contribution in [0, 0.1) is 0 Å². The van der Waals surface area contributed by atoms with Gasteiger partial charge in [-0.3, -0.25) is 9.78 Å². The van der Waals surface area contributed by atoms with Gasteiger partial charge in [-0.15, -0.1) is 0 Å². The molecule has 0 aromatic carbocycles. The van der Waals surface area contributed by atoms with Crippen molar-refractivity contribution in [2.24, 2.45) is 0 Å². The number of carbonyl (C=O) groups is 1. The van der Waals surface area contributed by atoms with Gasteiger partial charge in [0.2, 0.25) is 0 Å². The molecule has 132 valence electrons. The molecule has 0 radical (unpaired) electrons. The van der Waals surface area contributed by atoms with E-state index in [-0.39, 0.29) is 18.1 Å². The lowest BCUT2D eigenvalue weighted by Crippen LogP contribution is -2.42. The summed E-state index contributed by atoms with van der Waals surface area (Å²) in [6, 6.07) is 5.61. The molecule has 7 heteroatoms. The maximum absolute atomic E-state index is 12.9. The summed E-state index contributed by atoms with van der Waals surface area (Å²) in [5, 5.41) is 7.55. The molecule has 1 amide bonds. The number of methoxy groups -OCH3 is 1. The molecule has 1 fully saturated rings. The minimum absolute atomic E-state index is 0.0120. The molecule has 2 atom stereocenters. The summed E-state index contributed by atoms with van der Waals surface area (Å²) in [5.74, 6) is -0.0354. The van der Waals surface area contributed by atoms with Crippen LogP contribution in [0.1, 0.15) is 22.3 Å². The SMILES string of the molecule is COCCO[C@@H]1CCN(C(=O)c2ccnnc2)[C@H]1Cc1ccncc1. The zero-order valence-electron chi connectivity index (χ0n) is 14.2. The number of aromatic nitrogens is 3. The predicted molar refractivity (Wildman–Crippen MR) is 91.0 cm³/mol. The van der Waals surface area contributed by atoms with Gasteiger partial charge >= 0.3 is 0 Å². The van der Waals surface area contributed by atoms with Crippen LogP contribution in [-0.2, 0) is 15.9 Å². The van der Waals surface area contributed by atoms with E-state index in [1.807, 2.05) is 17.0 Å². The van der Waals surface area contributed by atoms with Crippen molar-refractivity contribution in [3.05, 3.63) is 54.1 Å². The molecule has 25 heavy (non-hydrogen) atoms. The highest BCUT2D eigenvalue weighted by molar-refractivity contribution is 5.94. The highest BCUT2D eigenvalue weighted by Gasteiger charge is 2.38. The van der Waals surface area contributed by atoms with E-state index >= 15 is 0 Å². The van der Waals surface area contributed by atoms with Gasteiger partial charge in [-0.2, -0.15) is 10.2 Å². The molecule has 1 saturated heterocycles. The lowest BCUT2D eigenvalue weighted by Gasteiger charge is -2.28. The molecule has 0 bridgehead atoms. The van der Waals surface area contributed by atoms with E-state index in [2.05, 4.69) is 15.2 Å². The number of pyridine rings is 1. The topological polar surface area (TPSA) is 77.4 Å². The molecule has 7 nitrogen and oxygen atoms in total. The van der Waals surface area contributed by atoms with Gasteiger partial charge in [0.1, 0.15) is 0 Å². The second-order valence-electron chi connectivity index (χ2n) is 5.95. The van der Waals surface area contributed by atoms with E-state index in [9.17, 15) is 4.79 Å². The Labute approximate surface area is 147 Å². The van der Waals surface area contributed by atoms with Crippen molar-refractivity contribution >= 4 is 5.91 Å². The van der Waals surface area contributed by atoms with Crippen LogP contribution in [0.4, 0.5) is 0 Å². The van der Waals surface area contributed by atoms with Crippen molar-refractivity contribution in [2.75, 3.05) is 26.9 Å². The summed E-state index contributed by atoms with van der Waals surface area (Å²) in [6.45, 7) is 1.72. The Morgan fingerprint density at radius 3 is 2.76 bits per heavy atom. The van der Waals surface area contributed by atoms with Crippen LogP contribution >= 0.6 is 0 Å². The average Bonchev–Trinajstić information content (AvgIpc) is 3.05. The zero-order valence-corrected chi connectivity index (χ0v) is 14.2. The molecule has 0 unspecified atom stereocenters. The van der Waals surface area contributed by atoms with Gasteiger partial charge in [0.25, 0.3) is 5.91 Å². The van der Waals surface area contributed by atoms with Gasteiger partial charge in [0.05, 0.1) is 43.3 Å². The summed E-state index contributed by atoms with van der Waals surface area (Å²) < 4.78 is 11.1. The van der Waals surface area contributed by atoms with Crippen molar-refractivity contribution < 1.29 is 14.3 Å². The molecule has 3 heterocycles. The quantitative estimate of drug-likeness (QED) is 0.707. The number of likely N-dealkylation sites (tertiary alicyclic amines) is 1. The Morgan fingerprint density at radius 1 is 1.20 bits per heavy atom. The molecule has 3 rings (SSSR count). The molecule has 0 spiro atoms. The van der Waals surface area contributed by atoms with Gasteiger partial charge in [-0.05, 0) is 36.6 Å². The fourth-order valence-electron chi connectivity index (χ4n) is 3.14. The van der Waals surface area contributed by atoms with Gasteiger partial charge in [0.15, 0.2) is 0 Å². The molecule has 1 aliphatic heterocycles. The summed E-state index contributed by atoms with van der Waals surface area (Å²) in [4.78, 5) is 18.8. The van der Waals surface area contributed by atoms with Gasteiger partial charge < -0.3 is 14.4 Å². The van der Waals surface area contributed by atoms with Crippen LogP contribution in [0.3, 0.4) is 0 Å². The number of rotatable bonds is 7. The highest BCUT2D eigenvalue weighted by atomic mass is 16.5. The third-order valence-corrected chi connectivity index (χ3v) is 4.39. The first-order valence-electron chi connectivity index (χ1n) is 8.36. The van der Waals surface area contributed by atoms with Crippen LogP contribution < -0.4 is 0 Å². The molecule has 2 aromatic heterocycles. The maximum atomic E-state index is 12.9. The molecule has 0 N–H and O–H groups in total. The van der Waals surface area contributed by atoms with Crippen LogP contribution in [-0.4, -0.2) is 65.0 Å². The number of hydrogen-bond donors (Lipinski definition) is 0. The van der Waals surface area contributed by atoms with Crippen molar-refractivity contribution in [2.45, 2.75) is 25.0 Å². The normalized spacial score (nSPS) is 20.0. The van der Waals surface area contributed by atoms with E-state index in [0.717, 1.165) is 18.4 Å². The molecular formula is C18H22N4O3. The zero-order chi connectivity index (χ0) is 17.5. The molecule has 0 aliphatic carbocycles. The third kappa shape index (κ3) is 4.37. The van der Waals surface area contributed by atoms with Crippen molar-refractivity contribution in [1.29, 1.82) is 0 Å². The van der Waals surface area contributed by atoms with Crippen LogP contribution in [0.25, 0.3) is 0 Å². The summed E-state index contributed by atoms with van der Waals surface area (Å²) in [7, 11) is 1.65. The molecule has 0 saturated carbocycles. The highest BCUT2D eigenvalue weighted by Crippen LogP contribution is 2.26. The Bertz CT molecular complexity index is 669. The predicted octanol–water partition coefficient (Wildman–Crippen LogP) is 1.36. The third-order valence-electron chi connectivity index (χ3n) is 4.39. The fourth-order valence-corrected chi connectivity index (χ4v) is 3.14. The van der Waals surface area contributed by atoms with Crippen LogP contribution in [0.15, 0.2) is 43.0 Å². The van der Waals surface area contributed by atoms with E-state index in [1.165, 1.54) is 12.4 Å². The summed E-state index contributed by atoms with van der Waals surface area (Å²) in [6.07, 6.45) is 8.10. The smallest absolute Gasteiger partial charge is 0.255 e. The fraction of sp³-hybridized carbons (Fsp3) is 0.444. The first-order chi connectivity index (χ1) is 12.3. The monoisotopic (exact) mass is 342 g/mol. The van der Waals surface area contributed by atoms with Gasteiger partial charge in [-0.25, -0.2) is 0 Å². The van der Waals surface area contributed by atoms with E-state index < -0.39 is 0 Å². The Balaban J connectivity index is 1.77. The summed E-state index contributed by atoms with van der Waals surface area (Å²) in [5.41, 5.74) is 1.68. The minimum Gasteiger partial charge on any atom is -0.382 e. The van der Waals surface area contributed by atoms with Crippen molar-refractivity contribution in [1.82, 2.24) is 20.1 Å². The largest absolute Gasteiger partial charge is 0.382 e. The van der Waals surface area contributed by atoms with E-state index in [4.69, 9.17) is 9.47 Å². The van der Waals surface area contributed by atoms with E-state index in [0.29, 0.717) is 25.3 Å². The number of nitrogens with zero attached hydrogens (tertiary/aromatic N) is 4. The average molecular weight is 342 g/mol. The molecular weight excluding hydrogens is 320 g/mol.